The molecule has 2 aromatic heterocycles. The van der Waals surface area contributed by atoms with Gasteiger partial charge in [-0.3, -0.25) is 0 Å². The molecule has 2 aromatic carbocycles. The van der Waals surface area contributed by atoms with Crippen molar-refractivity contribution in [3.8, 4) is 28.4 Å². The molecule has 0 unspecified atom stereocenters. The van der Waals surface area contributed by atoms with Gasteiger partial charge in [0.15, 0.2) is 0 Å². The quantitative estimate of drug-likeness (QED) is 0.438. The van der Waals surface area contributed by atoms with Crippen LogP contribution >= 0.6 is 11.3 Å². The maximum Gasteiger partial charge on any atom is 0.110 e. The third-order valence-corrected chi connectivity index (χ3v) is 5.14. The zero-order valence-electron chi connectivity index (χ0n) is 14.8. The predicted octanol–water partition coefficient (Wildman–Crippen LogP) is 5.54. The second kappa shape index (κ2) is 7.75. The lowest BCUT2D eigenvalue weighted by Crippen LogP contribution is -1.93. The number of benzene rings is 2. The van der Waals surface area contributed by atoms with Gasteiger partial charge in [0, 0.05) is 11.8 Å². The van der Waals surface area contributed by atoms with Crippen molar-refractivity contribution in [2.45, 2.75) is 0 Å². The summed E-state index contributed by atoms with van der Waals surface area (Å²) in [5.41, 5.74) is 4.52. The number of nitrogens with zero attached hydrogens (tertiary/aromatic N) is 4. The second-order valence-corrected chi connectivity index (χ2v) is 7.00. The van der Waals surface area contributed by atoms with E-state index >= 15 is 0 Å². The van der Waals surface area contributed by atoms with E-state index in [2.05, 4.69) is 12.1 Å². The molecule has 0 amide bonds. The molecule has 5 heteroatoms. The third kappa shape index (κ3) is 3.48. The Kier molecular flexibility index (Phi) is 4.84. The average Bonchev–Trinajstić information content (AvgIpc) is 3.42. The van der Waals surface area contributed by atoms with Gasteiger partial charge in [0.1, 0.15) is 5.69 Å². The van der Waals surface area contributed by atoms with Crippen molar-refractivity contribution in [1.29, 1.82) is 10.5 Å². The number of hydrogen-bond donors (Lipinski definition) is 0. The highest BCUT2D eigenvalue weighted by atomic mass is 32.1. The lowest BCUT2D eigenvalue weighted by atomic mass is 10.0. The van der Waals surface area contributed by atoms with Crippen LogP contribution in [0.2, 0.25) is 0 Å². The van der Waals surface area contributed by atoms with Gasteiger partial charge in [-0.15, -0.1) is 11.3 Å². The minimum absolute atomic E-state index is 0.523. The second-order valence-electron chi connectivity index (χ2n) is 6.05. The van der Waals surface area contributed by atoms with Gasteiger partial charge in [0.25, 0.3) is 0 Å². The first-order chi connectivity index (χ1) is 13.8. The summed E-state index contributed by atoms with van der Waals surface area (Å²) in [6.07, 6.45) is 3.79. The summed E-state index contributed by atoms with van der Waals surface area (Å²) >= 11 is 1.61. The topological polar surface area (TPSA) is 65.4 Å². The molecule has 28 heavy (non-hydrogen) atoms. The summed E-state index contributed by atoms with van der Waals surface area (Å²) in [5.74, 6) is 0. The Labute approximate surface area is 166 Å². The average molecular weight is 378 g/mol. The first-order valence-electron chi connectivity index (χ1n) is 8.60. The molecule has 0 aliphatic rings. The van der Waals surface area contributed by atoms with Crippen molar-refractivity contribution in [3.63, 3.8) is 0 Å². The number of nitriles is 2. The first kappa shape index (κ1) is 17.5. The Morgan fingerprint density at radius 2 is 1.75 bits per heavy atom. The molecular weight excluding hydrogens is 364 g/mol. The standard InChI is InChI=1S/C23H14N4S/c24-14-17-8-10-18(11-9-17)19(15-25)13-20-16-27(21-5-2-1-3-6-21)26-23(20)22-7-4-12-28-22/h1-13,16H/b19-13+. The molecule has 0 aliphatic heterocycles. The number of rotatable bonds is 4. The smallest absolute Gasteiger partial charge is 0.110 e. The van der Waals surface area contributed by atoms with E-state index in [0.717, 1.165) is 27.4 Å². The summed E-state index contributed by atoms with van der Waals surface area (Å²) in [6, 6.07) is 25.3. The molecule has 0 aliphatic carbocycles. The van der Waals surface area contributed by atoms with E-state index in [1.807, 2.05) is 64.8 Å². The van der Waals surface area contributed by atoms with Gasteiger partial charge in [0.05, 0.1) is 33.8 Å². The van der Waals surface area contributed by atoms with E-state index in [1.54, 1.807) is 35.6 Å². The van der Waals surface area contributed by atoms with E-state index in [4.69, 9.17) is 10.4 Å². The van der Waals surface area contributed by atoms with Gasteiger partial charge < -0.3 is 0 Å². The van der Waals surface area contributed by atoms with Crippen LogP contribution in [0.1, 0.15) is 16.7 Å². The molecule has 4 nitrogen and oxygen atoms in total. The van der Waals surface area contributed by atoms with Gasteiger partial charge in [-0.1, -0.05) is 36.4 Å². The Morgan fingerprint density at radius 3 is 2.39 bits per heavy atom. The summed E-state index contributed by atoms with van der Waals surface area (Å²) in [6.45, 7) is 0. The highest BCUT2D eigenvalue weighted by Gasteiger charge is 2.13. The van der Waals surface area contributed by atoms with Crippen LogP contribution in [0, 0.1) is 22.7 Å². The summed E-state index contributed by atoms with van der Waals surface area (Å²) in [4.78, 5) is 1.04. The minimum Gasteiger partial charge on any atom is -0.240 e. The monoisotopic (exact) mass is 378 g/mol. The Hall–Kier alpha value is -3.93. The molecule has 0 fully saturated rings. The highest BCUT2D eigenvalue weighted by molar-refractivity contribution is 7.13. The first-order valence-corrected chi connectivity index (χ1v) is 9.48. The lowest BCUT2D eigenvalue weighted by Gasteiger charge is -2.00. The van der Waals surface area contributed by atoms with Crippen LogP contribution in [-0.2, 0) is 0 Å². The van der Waals surface area contributed by atoms with Gasteiger partial charge in [-0.05, 0) is 47.4 Å². The van der Waals surface area contributed by atoms with Gasteiger partial charge in [-0.2, -0.15) is 15.6 Å². The fourth-order valence-electron chi connectivity index (χ4n) is 2.87. The van der Waals surface area contributed by atoms with E-state index in [-0.39, 0.29) is 0 Å². The van der Waals surface area contributed by atoms with Crippen LogP contribution in [0.3, 0.4) is 0 Å². The Morgan fingerprint density at radius 1 is 0.964 bits per heavy atom. The molecule has 0 bridgehead atoms. The normalized spacial score (nSPS) is 11.0. The molecule has 0 atom stereocenters. The van der Waals surface area contributed by atoms with Crippen molar-refractivity contribution in [1.82, 2.24) is 9.78 Å². The molecule has 0 radical (unpaired) electrons. The van der Waals surface area contributed by atoms with E-state index < -0.39 is 0 Å². The maximum absolute atomic E-state index is 9.70. The minimum atomic E-state index is 0.523. The summed E-state index contributed by atoms with van der Waals surface area (Å²) in [5, 5.41) is 25.4. The predicted molar refractivity (Wildman–Crippen MR) is 112 cm³/mol. The molecule has 2 heterocycles. The van der Waals surface area contributed by atoms with E-state index in [1.165, 1.54) is 0 Å². The maximum atomic E-state index is 9.70. The van der Waals surface area contributed by atoms with Crippen molar-refractivity contribution >= 4 is 23.0 Å². The zero-order chi connectivity index (χ0) is 19.3. The molecule has 0 N–H and O–H groups in total. The SMILES string of the molecule is N#C/C(=C\c1cn(-c2ccccc2)nc1-c1cccs1)c1ccc(C#N)cc1. The molecule has 0 saturated carbocycles. The summed E-state index contributed by atoms with van der Waals surface area (Å²) in [7, 11) is 0. The zero-order valence-corrected chi connectivity index (χ0v) is 15.6. The largest absolute Gasteiger partial charge is 0.240 e. The molecular formula is C23H14N4S. The number of allylic oxidation sites excluding steroid dienone is 1. The molecule has 4 rings (SSSR count). The lowest BCUT2D eigenvalue weighted by molar-refractivity contribution is 0.885. The molecule has 132 valence electrons. The van der Waals surface area contributed by atoms with Crippen molar-refractivity contribution in [2.24, 2.45) is 0 Å². The van der Waals surface area contributed by atoms with Gasteiger partial charge >= 0.3 is 0 Å². The van der Waals surface area contributed by atoms with Crippen LogP contribution < -0.4 is 0 Å². The van der Waals surface area contributed by atoms with Crippen LogP contribution in [0.15, 0.2) is 78.3 Å². The van der Waals surface area contributed by atoms with Crippen LogP contribution in [0.25, 0.3) is 27.9 Å². The van der Waals surface area contributed by atoms with Crippen molar-refractivity contribution < 1.29 is 0 Å². The number of para-hydroxylation sites is 1. The number of aromatic nitrogens is 2. The van der Waals surface area contributed by atoms with Gasteiger partial charge in [-0.25, -0.2) is 4.68 Å². The van der Waals surface area contributed by atoms with E-state index in [0.29, 0.717) is 11.1 Å². The van der Waals surface area contributed by atoms with Crippen LogP contribution in [-0.4, -0.2) is 9.78 Å². The highest BCUT2D eigenvalue weighted by Crippen LogP contribution is 2.30. The van der Waals surface area contributed by atoms with Crippen molar-refractivity contribution in [3.05, 3.63) is 95.0 Å². The third-order valence-electron chi connectivity index (χ3n) is 4.26. The Bertz CT molecular complexity index is 1200. The Balaban J connectivity index is 1.83. The molecule has 4 aromatic rings. The number of hydrogen-bond acceptors (Lipinski definition) is 4. The number of thiophene rings is 1. The fourth-order valence-corrected chi connectivity index (χ4v) is 3.60. The van der Waals surface area contributed by atoms with E-state index in [9.17, 15) is 5.26 Å². The van der Waals surface area contributed by atoms with Crippen LogP contribution in [0.4, 0.5) is 0 Å². The van der Waals surface area contributed by atoms with Crippen LogP contribution in [0.5, 0.6) is 0 Å². The fraction of sp³-hybridized carbons (Fsp3) is 0. The molecule has 0 saturated heterocycles. The molecule has 0 spiro atoms. The summed E-state index contributed by atoms with van der Waals surface area (Å²) < 4.78 is 1.83. The van der Waals surface area contributed by atoms with Gasteiger partial charge in [0.2, 0.25) is 0 Å². The van der Waals surface area contributed by atoms with Crippen molar-refractivity contribution in [2.75, 3.05) is 0 Å².